The molecule has 0 unspecified atom stereocenters. The number of para-hydroxylation sites is 1. The summed E-state index contributed by atoms with van der Waals surface area (Å²) in [5.41, 5.74) is 1.69. The zero-order chi connectivity index (χ0) is 19.9. The zero-order valence-corrected chi connectivity index (χ0v) is 16.4. The summed E-state index contributed by atoms with van der Waals surface area (Å²) < 4.78 is 5.36. The van der Waals surface area contributed by atoms with Crippen molar-refractivity contribution in [2.45, 2.75) is 13.3 Å². The predicted molar refractivity (Wildman–Crippen MR) is 108 cm³/mol. The molecule has 2 aromatic rings. The van der Waals surface area contributed by atoms with Crippen LogP contribution in [0.3, 0.4) is 0 Å². The average Bonchev–Trinajstić information content (AvgIpc) is 2.74. The standard InChI is InChI=1S/C21H26N4O3/c1-16(26)24-11-13-25(14-12-24)21(27)18-7-8-20(23-15-18)22-10-9-17-5-3-4-6-19(17)28-2/h3-8,15H,9-14H2,1-2H3,(H,22,23). The molecule has 28 heavy (non-hydrogen) atoms. The van der Waals surface area contributed by atoms with E-state index >= 15 is 0 Å². The third kappa shape index (κ3) is 4.79. The molecule has 0 aliphatic carbocycles. The van der Waals surface area contributed by atoms with Crippen LogP contribution in [0.4, 0.5) is 5.82 Å². The van der Waals surface area contributed by atoms with E-state index in [-0.39, 0.29) is 11.8 Å². The Labute approximate surface area is 165 Å². The summed E-state index contributed by atoms with van der Waals surface area (Å²) in [5.74, 6) is 1.62. The van der Waals surface area contributed by atoms with Crippen LogP contribution in [0.2, 0.25) is 0 Å². The van der Waals surface area contributed by atoms with Gasteiger partial charge in [0.25, 0.3) is 5.91 Å². The summed E-state index contributed by atoms with van der Waals surface area (Å²) in [6.07, 6.45) is 2.41. The lowest BCUT2D eigenvalue weighted by Gasteiger charge is -2.34. The first-order valence-electron chi connectivity index (χ1n) is 9.45. The van der Waals surface area contributed by atoms with Crippen LogP contribution in [0.15, 0.2) is 42.6 Å². The fourth-order valence-electron chi connectivity index (χ4n) is 3.27. The molecular formula is C21H26N4O3. The number of pyridine rings is 1. The number of nitrogens with zero attached hydrogens (tertiary/aromatic N) is 3. The third-order valence-electron chi connectivity index (χ3n) is 4.92. The van der Waals surface area contributed by atoms with Crippen molar-refractivity contribution in [3.8, 4) is 5.75 Å². The van der Waals surface area contributed by atoms with E-state index in [2.05, 4.69) is 10.3 Å². The highest BCUT2D eigenvalue weighted by molar-refractivity contribution is 5.94. The second-order valence-electron chi connectivity index (χ2n) is 6.72. The molecule has 7 heteroatoms. The molecule has 1 N–H and O–H groups in total. The summed E-state index contributed by atoms with van der Waals surface area (Å²) in [7, 11) is 1.67. The molecule has 1 aromatic heterocycles. The van der Waals surface area contributed by atoms with E-state index in [0.29, 0.717) is 38.3 Å². The quantitative estimate of drug-likeness (QED) is 0.828. The smallest absolute Gasteiger partial charge is 0.255 e. The molecule has 1 fully saturated rings. The van der Waals surface area contributed by atoms with E-state index in [4.69, 9.17) is 4.74 Å². The lowest BCUT2D eigenvalue weighted by molar-refractivity contribution is -0.130. The Hall–Kier alpha value is -3.09. The predicted octanol–water partition coefficient (Wildman–Crippen LogP) is 2.05. The summed E-state index contributed by atoms with van der Waals surface area (Å²) in [5, 5.41) is 3.27. The Kier molecular flexibility index (Phi) is 6.47. The number of ether oxygens (including phenoxy) is 1. The molecule has 1 saturated heterocycles. The van der Waals surface area contributed by atoms with Gasteiger partial charge in [0.05, 0.1) is 12.7 Å². The molecule has 1 aliphatic heterocycles. The Bertz CT molecular complexity index is 815. The highest BCUT2D eigenvalue weighted by Gasteiger charge is 2.23. The first kappa shape index (κ1) is 19.7. The summed E-state index contributed by atoms with van der Waals surface area (Å²) in [6.45, 7) is 4.54. The van der Waals surface area contributed by atoms with Crippen LogP contribution in [-0.2, 0) is 11.2 Å². The molecule has 2 heterocycles. The molecule has 0 bridgehead atoms. The Morgan fingerprint density at radius 2 is 1.79 bits per heavy atom. The van der Waals surface area contributed by atoms with Gasteiger partial charge in [0, 0.05) is 45.8 Å². The fraction of sp³-hybridized carbons (Fsp3) is 0.381. The number of carbonyl (C=O) groups is 2. The minimum absolute atomic E-state index is 0.0451. The van der Waals surface area contributed by atoms with Gasteiger partial charge in [-0.05, 0) is 30.2 Å². The molecular weight excluding hydrogens is 356 g/mol. The largest absolute Gasteiger partial charge is 0.496 e. The fourth-order valence-corrected chi connectivity index (χ4v) is 3.27. The topological polar surface area (TPSA) is 74.8 Å². The van der Waals surface area contributed by atoms with E-state index in [1.54, 1.807) is 36.1 Å². The number of amides is 2. The third-order valence-corrected chi connectivity index (χ3v) is 4.92. The summed E-state index contributed by atoms with van der Waals surface area (Å²) in [6, 6.07) is 11.5. The number of methoxy groups -OCH3 is 1. The zero-order valence-electron chi connectivity index (χ0n) is 16.4. The first-order chi connectivity index (χ1) is 13.6. The number of nitrogens with one attached hydrogen (secondary N) is 1. The highest BCUT2D eigenvalue weighted by atomic mass is 16.5. The van der Waals surface area contributed by atoms with Crippen molar-refractivity contribution in [3.63, 3.8) is 0 Å². The van der Waals surface area contributed by atoms with Gasteiger partial charge in [0.2, 0.25) is 5.91 Å². The number of carbonyl (C=O) groups excluding carboxylic acids is 2. The molecule has 3 rings (SSSR count). The Balaban J connectivity index is 1.51. The molecule has 2 amide bonds. The van der Waals surface area contributed by atoms with Gasteiger partial charge in [-0.15, -0.1) is 0 Å². The first-order valence-corrected chi connectivity index (χ1v) is 9.45. The van der Waals surface area contributed by atoms with Crippen molar-refractivity contribution >= 4 is 17.6 Å². The van der Waals surface area contributed by atoms with Crippen molar-refractivity contribution in [1.82, 2.24) is 14.8 Å². The van der Waals surface area contributed by atoms with Gasteiger partial charge < -0.3 is 19.9 Å². The molecule has 1 aliphatic rings. The maximum Gasteiger partial charge on any atom is 0.255 e. The molecule has 7 nitrogen and oxygen atoms in total. The van der Waals surface area contributed by atoms with Crippen LogP contribution < -0.4 is 10.1 Å². The van der Waals surface area contributed by atoms with Crippen LogP contribution in [0.5, 0.6) is 5.75 Å². The molecule has 0 saturated carbocycles. The minimum atomic E-state index is -0.0451. The lowest BCUT2D eigenvalue weighted by atomic mass is 10.1. The number of rotatable bonds is 6. The molecule has 148 valence electrons. The van der Waals surface area contributed by atoms with Crippen LogP contribution in [0.25, 0.3) is 0 Å². The number of benzene rings is 1. The highest BCUT2D eigenvalue weighted by Crippen LogP contribution is 2.18. The van der Waals surface area contributed by atoms with Crippen LogP contribution in [0.1, 0.15) is 22.8 Å². The van der Waals surface area contributed by atoms with Gasteiger partial charge in [-0.1, -0.05) is 18.2 Å². The minimum Gasteiger partial charge on any atom is -0.496 e. The van der Waals surface area contributed by atoms with E-state index in [1.165, 1.54) is 0 Å². The normalized spacial score (nSPS) is 13.9. The van der Waals surface area contributed by atoms with Gasteiger partial charge in [-0.3, -0.25) is 9.59 Å². The van der Waals surface area contributed by atoms with Crippen LogP contribution in [0, 0.1) is 0 Å². The number of aromatic nitrogens is 1. The molecule has 0 radical (unpaired) electrons. The second-order valence-corrected chi connectivity index (χ2v) is 6.72. The van der Waals surface area contributed by atoms with Crippen molar-refractivity contribution in [2.75, 3.05) is 45.2 Å². The maximum atomic E-state index is 12.6. The van der Waals surface area contributed by atoms with Crippen molar-refractivity contribution in [1.29, 1.82) is 0 Å². The number of anilines is 1. The van der Waals surface area contributed by atoms with E-state index < -0.39 is 0 Å². The Morgan fingerprint density at radius 3 is 2.43 bits per heavy atom. The average molecular weight is 382 g/mol. The van der Waals surface area contributed by atoms with Gasteiger partial charge in [-0.2, -0.15) is 0 Å². The van der Waals surface area contributed by atoms with E-state index in [0.717, 1.165) is 23.6 Å². The lowest BCUT2D eigenvalue weighted by Crippen LogP contribution is -2.50. The van der Waals surface area contributed by atoms with Gasteiger partial charge >= 0.3 is 0 Å². The van der Waals surface area contributed by atoms with Gasteiger partial charge in [0.15, 0.2) is 0 Å². The van der Waals surface area contributed by atoms with E-state index in [1.807, 2.05) is 30.3 Å². The van der Waals surface area contributed by atoms with Crippen molar-refractivity contribution in [3.05, 3.63) is 53.7 Å². The monoisotopic (exact) mass is 382 g/mol. The summed E-state index contributed by atoms with van der Waals surface area (Å²) in [4.78, 5) is 31.9. The van der Waals surface area contributed by atoms with Crippen molar-refractivity contribution < 1.29 is 14.3 Å². The van der Waals surface area contributed by atoms with Gasteiger partial charge in [0.1, 0.15) is 11.6 Å². The SMILES string of the molecule is COc1ccccc1CCNc1ccc(C(=O)N2CCN(C(C)=O)CC2)cn1. The Morgan fingerprint density at radius 1 is 1.07 bits per heavy atom. The van der Waals surface area contributed by atoms with Crippen LogP contribution in [-0.4, -0.2) is 66.4 Å². The maximum absolute atomic E-state index is 12.6. The van der Waals surface area contributed by atoms with Crippen molar-refractivity contribution in [2.24, 2.45) is 0 Å². The molecule has 0 spiro atoms. The van der Waals surface area contributed by atoms with E-state index in [9.17, 15) is 9.59 Å². The molecule has 1 aromatic carbocycles. The molecule has 0 atom stereocenters. The summed E-state index contributed by atoms with van der Waals surface area (Å²) >= 11 is 0. The number of hydrogen-bond acceptors (Lipinski definition) is 5. The van der Waals surface area contributed by atoms with Crippen LogP contribution >= 0.6 is 0 Å². The second kappa shape index (κ2) is 9.21. The number of hydrogen-bond donors (Lipinski definition) is 1. The number of piperazine rings is 1. The van der Waals surface area contributed by atoms with Gasteiger partial charge in [-0.25, -0.2) is 4.98 Å².